The van der Waals surface area contributed by atoms with Crippen molar-refractivity contribution in [1.82, 2.24) is 10.3 Å². The maximum atomic E-state index is 4.43. The van der Waals surface area contributed by atoms with Gasteiger partial charge in [0.2, 0.25) is 0 Å². The number of nitrogens with zero attached hydrogens (tertiary/aromatic N) is 1. The molecule has 2 rings (SSSR count). The highest BCUT2D eigenvalue weighted by Crippen LogP contribution is 2.30. The Balaban J connectivity index is 2.32. The van der Waals surface area contributed by atoms with Gasteiger partial charge >= 0.3 is 0 Å². The first-order chi connectivity index (χ1) is 7.68. The van der Waals surface area contributed by atoms with E-state index in [4.69, 9.17) is 0 Å². The topological polar surface area (TPSA) is 24.9 Å². The Morgan fingerprint density at radius 3 is 2.56 bits per heavy atom. The predicted molar refractivity (Wildman–Crippen MR) is 71.3 cm³/mol. The fraction of sp³-hybridized carbons (Fsp3) is 0.417. The minimum absolute atomic E-state index is 0.250. The highest BCUT2D eigenvalue weighted by atomic mass is 32.1. The van der Waals surface area contributed by atoms with E-state index in [2.05, 4.69) is 42.5 Å². The van der Waals surface area contributed by atoms with Gasteiger partial charge in [-0.25, -0.2) is 4.98 Å². The first-order valence-corrected chi connectivity index (χ1v) is 7.14. The first-order valence-electron chi connectivity index (χ1n) is 5.38. The summed E-state index contributed by atoms with van der Waals surface area (Å²) in [5.41, 5.74) is 1.35. The van der Waals surface area contributed by atoms with Crippen LogP contribution in [0.2, 0.25) is 0 Å². The Hall–Kier alpha value is -0.710. The maximum absolute atomic E-state index is 4.43. The summed E-state index contributed by atoms with van der Waals surface area (Å²) in [5.74, 6) is 0. The van der Waals surface area contributed by atoms with Gasteiger partial charge in [-0.2, -0.15) is 0 Å². The van der Waals surface area contributed by atoms with Crippen LogP contribution >= 0.6 is 22.7 Å². The minimum atomic E-state index is 0.250. The smallest absolute Gasteiger partial charge is 0.115 e. The molecule has 0 aliphatic carbocycles. The summed E-state index contributed by atoms with van der Waals surface area (Å²) < 4.78 is 0. The lowest BCUT2D eigenvalue weighted by atomic mass is 10.1. The van der Waals surface area contributed by atoms with E-state index in [1.165, 1.54) is 10.4 Å². The summed E-state index contributed by atoms with van der Waals surface area (Å²) in [4.78, 5) is 5.81. The zero-order valence-electron chi connectivity index (χ0n) is 9.73. The van der Waals surface area contributed by atoms with Crippen LogP contribution < -0.4 is 5.32 Å². The highest BCUT2D eigenvalue weighted by Gasteiger charge is 2.20. The van der Waals surface area contributed by atoms with Crippen LogP contribution in [-0.4, -0.2) is 11.0 Å². The molecular weight excluding hydrogens is 236 g/mol. The minimum Gasteiger partial charge on any atom is -0.301 e. The molecule has 0 spiro atoms. The van der Waals surface area contributed by atoms with Gasteiger partial charge in [0.15, 0.2) is 0 Å². The average molecular weight is 252 g/mol. The van der Waals surface area contributed by atoms with E-state index in [1.54, 1.807) is 22.7 Å². The van der Waals surface area contributed by atoms with E-state index in [-0.39, 0.29) is 6.04 Å². The van der Waals surface area contributed by atoms with Crippen LogP contribution in [0, 0.1) is 6.92 Å². The number of thiophene rings is 1. The summed E-state index contributed by atoms with van der Waals surface area (Å²) in [7, 11) is 0. The van der Waals surface area contributed by atoms with Crippen LogP contribution in [-0.2, 0) is 0 Å². The monoisotopic (exact) mass is 252 g/mol. The Bertz CT molecular complexity index is 432. The van der Waals surface area contributed by atoms with Gasteiger partial charge in [-0.3, -0.25) is 0 Å². The molecule has 0 radical (unpaired) electrons. The van der Waals surface area contributed by atoms with Crippen molar-refractivity contribution in [2.24, 2.45) is 0 Å². The third-order valence-corrected chi connectivity index (χ3v) is 4.29. The van der Waals surface area contributed by atoms with Crippen LogP contribution in [0.3, 0.4) is 0 Å². The molecule has 0 fully saturated rings. The molecular formula is C12H16N2S2. The molecule has 0 amide bonds. The van der Waals surface area contributed by atoms with E-state index in [0.29, 0.717) is 6.04 Å². The average Bonchev–Trinajstić information content (AvgIpc) is 2.84. The molecule has 2 nitrogen and oxygen atoms in total. The van der Waals surface area contributed by atoms with Gasteiger partial charge in [0.05, 0.1) is 6.04 Å². The van der Waals surface area contributed by atoms with Crippen molar-refractivity contribution in [1.29, 1.82) is 0 Å². The number of thiazole rings is 1. The van der Waals surface area contributed by atoms with Gasteiger partial charge < -0.3 is 5.32 Å². The van der Waals surface area contributed by atoms with E-state index >= 15 is 0 Å². The fourth-order valence-corrected chi connectivity index (χ4v) is 3.42. The lowest BCUT2D eigenvalue weighted by molar-refractivity contribution is 0.531. The molecule has 0 saturated carbocycles. The van der Waals surface area contributed by atoms with Crippen molar-refractivity contribution >= 4 is 22.7 Å². The normalized spacial score (nSPS) is 13.2. The lowest BCUT2D eigenvalue weighted by Gasteiger charge is -2.19. The third kappa shape index (κ3) is 2.51. The van der Waals surface area contributed by atoms with E-state index in [1.807, 2.05) is 11.6 Å². The third-order valence-electron chi connectivity index (χ3n) is 2.36. The van der Waals surface area contributed by atoms with Gasteiger partial charge in [-0.15, -0.1) is 22.7 Å². The lowest BCUT2D eigenvalue weighted by Crippen LogP contribution is -2.28. The summed E-state index contributed by atoms with van der Waals surface area (Å²) in [6, 6.07) is 2.87. The zero-order valence-corrected chi connectivity index (χ0v) is 11.4. The standard InChI is InChI=1S/C12H16N2S2/c1-8(2)14-10(12-13-5-7-16-12)11-9(3)4-6-15-11/h4-8,10,14H,1-3H3. The quantitative estimate of drug-likeness (QED) is 0.899. The summed E-state index contributed by atoms with van der Waals surface area (Å²) >= 11 is 3.52. The van der Waals surface area contributed by atoms with Crippen molar-refractivity contribution < 1.29 is 0 Å². The Morgan fingerprint density at radius 1 is 1.25 bits per heavy atom. The van der Waals surface area contributed by atoms with Crippen LogP contribution in [0.1, 0.15) is 35.3 Å². The second-order valence-electron chi connectivity index (χ2n) is 4.09. The maximum Gasteiger partial charge on any atom is 0.115 e. The van der Waals surface area contributed by atoms with Crippen molar-refractivity contribution in [2.45, 2.75) is 32.9 Å². The molecule has 0 saturated heterocycles. The Kier molecular flexibility index (Phi) is 3.74. The predicted octanol–water partition coefficient (Wildman–Crippen LogP) is 3.60. The van der Waals surface area contributed by atoms with Crippen molar-refractivity contribution in [3.05, 3.63) is 38.5 Å². The number of nitrogens with one attached hydrogen (secondary N) is 1. The molecule has 0 bridgehead atoms. The van der Waals surface area contributed by atoms with Crippen molar-refractivity contribution in [2.75, 3.05) is 0 Å². The molecule has 2 heterocycles. The summed E-state index contributed by atoms with van der Waals surface area (Å²) in [5, 5.41) is 8.92. The second-order valence-corrected chi connectivity index (χ2v) is 5.97. The number of hydrogen-bond donors (Lipinski definition) is 1. The summed E-state index contributed by atoms with van der Waals surface area (Å²) in [6.45, 7) is 6.50. The van der Waals surface area contributed by atoms with Crippen LogP contribution in [0.4, 0.5) is 0 Å². The van der Waals surface area contributed by atoms with Gasteiger partial charge in [0, 0.05) is 22.5 Å². The molecule has 2 aromatic heterocycles. The number of rotatable bonds is 4. The molecule has 1 atom stereocenters. The molecule has 1 N–H and O–H groups in total. The summed E-state index contributed by atoms with van der Waals surface area (Å²) in [6.07, 6.45) is 1.87. The van der Waals surface area contributed by atoms with Crippen LogP contribution in [0.5, 0.6) is 0 Å². The SMILES string of the molecule is Cc1ccsc1C(NC(C)C)c1nccs1. The number of hydrogen-bond acceptors (Lipinski definition) is 4. The Morgan fingerprint density at radius 2 is 2.06 bits per heavy atom. The number of aryl methyl sites for hydroxylation is 1. The molecule has 2 aromatic rings. The van der Waals surface area contributed by atoms with E-state index in [0.717, 1.165) is 5.01 Å². The molecule has 86 valence electrons. The highest BCUT2D eigenvalue weighted by molar-refractivity contribution is 7.11. The van der Waals surface area contributed by atoms with Gasteiger partial charge in [0.1, 0.15) is 5.01 Å². The second kappa shape index (κ2) is 5.08. The molecule has 16 heavy (non-hydrogen) atoms. The van der Waals surface area contributed by atoms with Crippen LogP contribution in [0.25, 0.3) is 0 Å². The van der Waals surface area contributed by atoms with E-state index in [9.17, 15) is 0 Å². The van der Waals surface area contributed by atoms with Crippen molar-refractivity contribution in [3.63, 3.8) is 0 Å². The van der Waals surface area contributed by atoms with Gasteiger partial charge in [-0.05, 0) is 37.8 Å². The first kappa shape index (κ1) is 11.8. The van der Waals surface area contributed by atoms with Gasteiger partial charge in [-0.1, -0.05) is 0 Å². The zero-order chi connectivity index (χ0) is 11.5. The fourth-order valence-electron chi connectivity index (χ4n) is 1.65. The number of aromatic nitrogens is 1. The van der Waals surface area contributed by atoms with Gasteiger partial charge in [0.25, 0.3) is 0 Å². The molecule has 0 aromatic carbocycles. The largest absolute Gasteiger partial charge is 0.301 e. The Labute approximate surface area is 104 Å². The van der Waals surface area contributed by atoms with E-state index < -0.39 is 0 Å². The molecule has 4 heteroatoms. The van der Waals surface area contributed by atoms with Crippen molar-refractivity contribution in [3.8, 4) is 0 Å². The molecule has 0 aliphatic heterocycles. The van der Waals surface area contributed by atoms with Crippen LogP contribution in [0.15, 0.2) is 23.0 Å². The molecule has 0 aliphatic rings. The molecule has 1 unspecified atom stereocenters.